The van der Waals surface area contributed by atoms with Gasteiger partial charge in [0.2, 0.25) is 0 Å². The standard InChI is InChI=1S/C27H26F4O9S2/c1-16(2)12-13-38-21-11-8-18(14-22(21)39-42(34,35)27(29,30)31)24-23(36-3)15-20(17-6-9-19(28)10-7-17)25(37-4)26(24)40-41(5,32)33/h6-12,14-15H,13H2,1-5H3. The van der Waals surface area contributed by atoms with E-state index in [-0.39, 0.29) is 40.5 Å². The molecule has 9 nitrogen and oxygen atoms in total. The molecule has 0 fully saturated rings. The Labute approximate surface area is 240 Å². The van der Waals surface area contributed by atoms with E-state index in [1.54, 1.807) is 19.9 Å². The zero-order chi connectivity index (χ0) is 31.5. The molecule has 0 unspecified atom stereocenters. The van der Waals surface area contributed by atoms with Crippen molar-refractivity contribution >= 4 is 20.2 Å². The lowest BCUT2D eigenvalue weighted by Gasteiger charge is -2.21. The predicted octanol–water partition coefficient (Wildman–Crippen LogP) is 6.09. The summed E-state index contributed by atoms with van der Waals surface area (Å²) >= 11 is 0. The number of hydrogen-bond donors (Lipinski definition) is 0. The number of halogens is 4. The van der Waals surface area contributed by atoms with E-state index in [0.717, 1.165) is 36.1 Å². The molecule has 0 aliphatic carbocycles. The van der Waals surface area contributed by atoms with Crippen LogP contribution in [0.5, 0.6) is 28.7 Å². The summed E-state index contributed by atoms with van der Waals surface area (Å²) in [5.74, 6) is -2.40. The summed E-state index contributed by atoms with van der Waals surface area (Å²) in [5, 5.41) is 0. The van der Waals surface area contributed by atoms with Gasteiger partial charge < -0.3 is 22.6 Å². The van der Waals surface area contributed by atoms with Crippen LogP contribution in [0.1, 0.15) is 13.8 Å². The average molecular weight is 635 g/mol. The van der Waals surface area contributed by atoms with Gasteiger partial charge in [-0.1, -0.05) is 23.8 Å². The molecule has 0 saturated heterocycles. The smallest absolute Gasteiger partial charge is 0.496 e. The zero-order valence-corrected chi connectivity index (χ0v) is 24.5. The molecule has 0 aliphatic rings. The summed E-state index contributed by atoms with van der Waals surface area (Å²) in [5.41, 5.74) is -4.58. The van der Waals surface area contributed by atoms with Gasteiger partial charge in [0.05, 0.1) is 26.0 Å². The third kappa shape index (κ3) is 7.64. The lowest BCUT2D eigenvalue weighted by Crippen LogP contribution is -2.28. The fourth-order valence-electron chi connectivity index (χ4n) is 3.64. The van der Waals surface area contributed by atoms with E-state index in [1.165, 1.54) is 38.5 Å². The molecule has 0 amide bonds. The zero-order valence-electron chi connectivity index (χ0n) is 22.9. The fourth-order valence-corrected chi connectivity index (χ4v) is 4.56. The quantitative estimate of drug-likeness (QED) is 0.107. The van der Waals surface area contributed by atoms with Crippen molar-refractivity contribution in [1.29, 1.82) is 0 Å². The molecule has 42 heavy (non-hydrogen) atoms. The van der Waals surface area contributed by atoms with Crippen molar-refractivity contribution in [1.82, 2.24) is 0 Å². The van der Waals surface area contributed by atoms with Crippen molar-refractivity contribution in [3.8, 4) is 51.0 Å². The lowest BCUT2D eigenvalue weighted by atomic mass is 9.96. The third-order valence-electron chi connectivity index (χ3n) is 5.46. The molecule has 3 rings (SSSR count). The molecule has 15 heteroatoms. The van der Waals surface area contributed by atoms with Gasteiger partial charge >= 0.3 is 25.7 Å². The third-order valence-corrected chi connectivity index (χ3v) is 6.89. The van der Waals surface area contributed by atoms with Gasteiger partial charge in [-0.15, -0.1) is 0 Å². The Morgan fingerprint density at radius 2 is 1.43 bits per heavy atom. The molecule has 0 N–H and O–H groups in total. The van der Waals surface area contributed by atoms with Gasteiger partial charge in [0, 0.05) is 5.56 Å². The van der Waals surface area contributed by atoms with Crippen molar-refractivity contribution in [3.63, 3.8) is 0 Å². The first-order chi connectivity index (χ1) is 19.5. The van der Waals surface area contributed by atoms with E-state index in [4.69, 9.17) is 18.4 Å². The highest BCUT2D eigenvalue weighted by Gasteiger charge is 2.49. The molecule has 3 aromatic carbocycles. The molecule has 0 heterocycles. The second kappa shape index (κ2) is 12.5. The summed E-state index contributed by atoms with van der Waals surface area (Å²) in [4.78, 5) is 0. The van der Waals surface area contributed by atoms with Gasteiger partial charge in [-0.25, -0.2) is 4.39 Å². The van der Waals surface area contributed by atoms with E-state index in [1.807, 2.05) is 0 Å². The largest absolute Gasteiger partial charge is 0.534 e. The van der Waals surface area contributed by atoms with Gasteiger partial charge in [-0.3, -0.25) is 0 Å². The van der Waals surface area contributed by atoms with E-state index in [0.29, 0.717) is 5.56 Å². The SMILES string of the molecule is COc1cc(-c2ccc(F)cc2)c(OC)c(OS(C)(=O)=O)c1-c1ccc(OCC=C(C)C)c(OS(=O)(=O)C(F)(F)F)c1. The molecule has 3 aromatic rings. The van der Waals surface area contributed by atoms with Gasteiger partial charge in [0.15, 0.2) is 23.0 Å². The highest BCUT2D eigenvalue weighted by atomic mass is 32.2. The number of methoxy groups -OCH3 is 2. The predicted molar refractivity (Wildman–Crippen MR) is 146 cm³/mol. The van der Waals surface area contributed by atoms with Crippen molar-refractivity contribution in [2.45, 2.75) is 19.4 Å². The number of benzene rings is 3. The first-order valence-corrected chi connectivity index (χ1v) is 15.1. The summed E-state index contributed by atoms with van der Waals surface area (Å²) in [6, 6.07) is 9.84. The van der Waals surface area contributed by atoms with Crippen LogP contribution in [-0.2, 0) is 20.2 Å². The Balaban J connectivity index is 2.36. The van der Waals surface area contributed by atoms with Gasteiger partial charge in [0.1, 0.15) is 18.2 Å². The van der Waals surface area contributed by atoms with Crippen LogP contribution < -0.4 is 22.6 Å². The lowest BCUT2D eigenvalue weighted by molar-refractivity contribution is -0.0500. The molecule has 0 saturated carbocycles. The van der Waals surface area contributed by atoms with Gasteiger partial charge in [0.25, 0.3) is 0 Å². The van der Waals surface area contributed by atoms with Crippen LogP contribution in [-0.4, -0.2) is 49.4 Å². The molecule has 0 radical (unpaired) electrons. The number of hydrogen-bond acceptors (Lipinski definition) is 9. The minimum Gasteiger partial charge on any atom is -0.496 e. The molecular weight excluding hydrogens is 608 g/mol. The summed E-state index contributed by atoms with van der Waals surface area (Å²) < 4.78 is 128. The van der Waals surface area contributed by atoms with Crippen molar-refractivity contribution in [3.05, 3.63) is 66.0 Å². The van der Waals surface area contributed by atoms with Crippen LogP contribution >= 0.6 is 0 Å². The molecule has 0 bridgehead atoms. The molecule has 0 aliphatic heterocycles. The monoisotopic (exact) mass is 634 g/mol. The van der Waals surface area contributed by atoms with Gasteiger partial charge in [-0.05, 0) is 61.4 Å². The Kier molecular flexibility index (Phi) is 9.67. The molecule has 0 spiro atoms. The van der Waals surface area contributed by atoms with Crippen LogP contribution in [0.4, 0.5) is 17.6 Å². The average Bonchev–Trinajstić information content (AvgIpc) is 2.87. The van der Waals surface area contributed by atoms with Gasteiger partial charge in [-0.2, -0.15) is 30.0 Å². The minimum absolute atomic E-state index is 0.0587. The number of allylic oxidation sites excluding steroid dienone is 1. The fraction of sp³-hybridized carbons (Fsp3) is 0.259. The highest BCUT2D eigenvalue weighted by molar-refractivity contribution is 7.88. The number of rotatable bonds is 11. The Morgan fingerprint density at radius 1 is 0.810 bits per heavy atom. The van der Waals surface area contributed by atoms with Crippen molar-refractivity contribution in [2.75, 3.05) is 27.1 Å². The van der Waals surface area contributed by atoms with Crippen LogP contribution in [0.2, 0.25) is 0 Å². The van der Waals surface area contributed by atoms with Crippen molar-refractivity contribution < 1.29 is 57.0 Å². The number of ether oxygens (including phenoxy) is 3. The molecular formula is C27H26F4O9S2. The number of alkyl halides is 3. The summed E-state index contributed by atoms with van der Waals surface area (Å²) in [6.07, 6.45) is 2.34. The summed E-state index contributed by atoms with van der Waals surface area (Å²) in [7, 11) is -7.96. The van der Waals surface area contributed by atoms with E-state index in [2.05, 4.69) is 4.18 Å². The van der Waals surface area contributed by atoms with E-state index >= 15 is 0 Å². The van der Waals surface area contributed by atoms with Crippen LogP contribution in [0.25, 0.3) is 22.3 Å². The van der Waals surface area contributed by atoms with E-state index in [9.17, 15) is 34.4 Å². The van der Waals surface area contributed by atoms with Crippen molar-refractivity contribution in [2.24, 2.45) is 0 Å². The highest BCUT2D eigenvalue weighted by Crippen LogP contribution is 2.51. The Bertz CT molecular complexity index is 1690. The summed E-state index contributed by atoms with van der Waals surface area (Å²) in [6.45, 7) is 3.36. The second-order valence-corrected chi connectivity index (χ2v) is 12.0. The maximum Gasteiger partial charge on any atom is 0.534 e. The Morgan fingerprint density at radius 3 is 1.95 bits per heavy atom. The van der Waals surface area contributed by atoms with Crippen LogP contribution in [0.3, 0.4) is 0 Å². The maximum atomic E-state index is 13.6. The van der Waals surface area contributed by atoms with Crippen LogP contribution in [0, 0.1) is 5.82 Å². The normalized spacial score (nSPS) is 11.9. The first-order valence-electron chi connectivity index (χ1n) is 11.8. The maximum absolute atomic E-state index is 13.6. The van der Waals surface area contributed by atoms with Crippen LogP contribution in [0.15, 0.2) is 60.2 Å². The first kappa shape index (κ1) is 32.5. The molecule has 0 atom stereocenters. The minimum atomic E-state index is -6.14. The van der Waals surface area contributed by atoms with E-state index < -0.39 is 43.1 Å². The topological polar surface area (TPSA) is 114 Å². The molecule has 228 valence electrons. The second-order valence-electron chi connectivity index (χ2n) is 8.90. The Hall–Kier alpha value is -3.98. The molecule has 0 aromatic heterocycles.